The van der Waals surface area contributed by atoms with Gasteiger partial charge in [0.15, 0.2) is 11.8 Å². The van der Waals surface area contributed by atoms with Gasteiger partial charge in [0, 0.05) is 33.8 Å². The number of nitrogens with one attached hydrogen (secondary N) is 1. The summed E-state index contributed by atoms with van der Waals surface area (Å²) in [5.41, 5.74) is 1.01. The lowest BCUT2D eigenvalue weighted by Gasteiger charge is -2.24. The number of guanidine groups is 1. The number of ether oxygens (including phenoxy) is 1. The van der Waals surface area contributed by atoms with Crippen LogP contribution in [0, 0.1) is 12.7 Å². The Morgan fingerprint density at radius 2 is 2.15 bits per heavy atom. The van der Waals surface area contributed by atoms with Crippen LogP contribution in [0.25, 0.3) is 0 Å². The van der Waals surface area contributed by atoms with Crippen molar-refractivity contribution in [2.24, 2.45) is 12.0 Å². The lowest BCUT2D eigenvalue weighted by Crippen LogP contribution is -2.42. The summed E-state index contributed by atoms with van der Waals surface area (Å²) in [6, 6.07) is 6.52. The average Bonchev–Trinajstić information content (AvgIpc) is 3.28. The maximum Gasteiger partial charge on any atom is 0.194 e. The number of hydrogen-bond acceptors (Lipinski definition) is 4. The molecule has 3 rings (SSSR count). The van der Waals surface area contributed by atoms with Crippen LogP contribution in [-0.2, 0) is 24.9 Å². The summed E-state index contributed by atoms with van der Waals surface area (Å²) >= 11 is 0. The minimum absolute atomic E-state index is 0.214. The van der Waals surface area contributed by atoms with Gasteiger partial charge in [-0.15, -0.1) is 10.2 Å². The number of hydrogen-bond donors (Lipinski definition) is 1. The molecule has 0 radical (unpaired) electrons. The van der Waals surface area contributed by atoms with Crippen molar-refractivity contribution in [3.8, 4) is 0 Å². The van der Waals surface area contributed by atoms with Crippen molar-refractivity contribution in [3.05, 3.63) is 47.3 Å². The van der Waals surface area contributed by atoms with Crippen LogP contribution < -0.4 is 5.32 Å². The molecule has 2 heterocycles. The van der Waals surface area contributed by atoms with Crippen molar-refractivity contribution in [1.29, 1.82) is 0 Å². The summed E-state index contributed by atoms with van der Waals surface area (Å²) in [6.07, 6.45) is 2.37. The highest BCUT2D eigenvalue weighted by atomic mass is 19.1. The van der Waals surface area contributed by atoms with E-state index in [0.717, 1.165) is 42.6 Å². The summed E-state index contributed by atoms with van der Waals surface area (Å²) in [5, 5.41) is 11.7. The first-order valence-electron chi connectivity index (χ1n) is 9.23. The van der Waals surface area contributed by atoms with Gasteiger partial charge in [0.1, 0.15) is 18.2 Å². The predicted octanol–water partition coefficient (Wildman–Crippen LogP) is 2.02. The lowest BCUT2D eigenvalue weighted by atomic mass is 10.2. The molecular formula is C19H27FN6O. The van der Waals surface area contributed by atoms with Crippen molar-refractivity contribution in [2.75, 3.05) is 20.2 Å². The van der Waals surface area contributed by atoms with E-state index in [1.54, 1.807) is 12.1 Å². The molecule has 1 N–H and O–H groups in total. The van der Waals surface area contributed by atoms with E-state index in [0.29, 0.717) is 19.6 Å². The first-order valence-corrected chi connectivity index (χ1v) is 9.23. The third kappa shape index (κ3) is 5.26. The van der Waals surface area contributed by atoms with Gasteiger partial charge in [-0.1, -0.05) is 12.1 Å². The monoisotopic (exact) mass is 374 g/mol. The second kappa shape index (κ2) is 8.94. The Labute approximate surface area is 159 Å². The number of benzene rings is 1. The average molecular weight is 374 g/mol. The molecule has 7 nitrogen and oxygen atoms in total. The first-order chi connectivity index (χ1) is 13.0. The fraction of sp³-hybridized carbons (Fsp3) is 0.526. The molecule has 146 valence electrons. The molecule has 1 aliphatic rings. The maximum absolute atomic E-state index is 13.1. The van der Waals surface area contributed by atoms with Gasteiger partial charge in [0.05, 0.1) is 6.10 Å². The molecule has 2 aromatic rings. The molecule has 0 saturated carbocycles. The van der Waals surface area contributed by atoms with Gasteiger partial charge >= 0.3 is 0 Å². The zero-order chi connectivity index (χ0) is 19.2. The zero-order valence-electron chi connectivity index (χ0n) is 16.2. The summed E-state index contributed by atoms with van der Waals surface area (Å²) < 4.78 is 20.8. The quantitative estimate of drug-likeness (QED) is 0.619. The standard InChI is InChI=1S/C19H27FN6O/c1-14-23-24-18(26(14)3)12-22-19(21-11-17-5-4-10-27-17)25(2)13-15-6-8-16(20)9-7-15/h6-9,17H,4-5,10-13H2,1-3H3,(H,21,22). The van der Waals surface area contributed by atoms with Crippen LogP contribution in [0.2, 0.25) is 0 Å². The van der Waals surface area contributed by atoms with Gasteiger partial charge in [0.2, 0.25) is 0 Å². The van der Waals surface area contributed by atoms with Crippen LogP contribution in [0.3, 0.4) is 0 Å². The van der Waals surface area contributed by atoms with Crippen LogP contribution in [0.15, 0.2) is 29.3 Å². The molecule has 1 fully saturated rings. The Balaban J connectivity index is 1.69. The maximum atomic E-state index is 13.1. The molecule has 1 atom stereocenters. The fourth-order valence-electron chi connectivity index (χ4n) is 2.99. The zero-order valence-corrected chi connectivity index (χ0v) is 16.2. The van der Waals surface area contributed by atoms with E-state index in [2.05, 4.69) is 15.5 Å². The van der Waals surface area contributed by atoms with Crippen molar-refractivity contribution in [3.63, 3.8) is 0 Å². The largest absolute Gasteiger partial charge is 0.376 e. The molecule has 1 aliphatic heterocycles. The topological polar surface area (TPSA) is 67.6 Å². The Morgan fingerprint density at radius 3 is 2.78 bits per heavy atom. The third-order valence-electron chi connectivity index (χ3n) is 4.76. The van der Waals surface area contributed by atoms with Crippen LogP contribution >= 0.6 is 0 Å². The Kier molecular flexibility index (Phi) is 6.39. The van der Waals surface area contributed by atoms with E-state index in [-0.39, 0.29) is 11.9 Å². The van der Waals surface area contributed by atoms with Crippen molar-refractivity contribution in [1.82, 2.24) is 25.0 Å². The molecule has 1 aromatic heterocycles. The number of halogens is 1. The minimum Gasteiger partial charge on any atom is -0.376 e. The van der Waals surface area contributed by atoms with E-state index in [4.69, 9.17) is 9.73 Å². The molecule has 0 spiro atoms. The third-order valence-corrected chi connectivity index (χ3v) is 4.76. The SMILES string of the molecule is Cc1nnc(CN=C(NCC2CCCO2)N(C)Cc2ccc(F)cc2)n1C. The van der Waals surface area contributed by atoms with Gasteiger partial charge in [-0.3, -0.25) is 0 Å². The summed E-state index contributed by atoms with van der Waals surface area (Å²) in [4.78, 5) is 6.74. The van der Waals surface area contributed by atoms with E-state index in [1.807, 2.05) is 30.5 Å². The normalized spacial score (nSPS) is 17.3. The molecule has 8 heteroatoms. The van der Waals surface area contributed by atoms with E-state index in [1.165, 1.54) is 12.1 Å². The minimum atomic E-state index is -0.232. The van der Waals surface area contributed by atoms with Gasteiger partial charge < -0.3 is 19.5 Å². The van der Waals surface area contributed by atoms with Gasteiger partial charge in [-0.05, 0) is 37.5 Å². The van der Waals surface area contributed by atoms with Gasteiger partial charge in [0.25, 0.3) is 0 Å². The fourth-order valence-corrected chi connectivity index (χ4v) is 2.99. The second-order valence-electron chi connectivity index (χ2n) is 6.86. The van der Waals surface area contributed by atoms with E-state index in [9.17, 15) is 4.39 Å². The lowest BCUT2D eigenvalue weighted by molar-refractivity contribution is 0.113. The van der Waals surface area contributed by atoms with Crippen molar-refractivity contribution >= 4 is 5.96 Å². The molecule has 0 bridgehead atoms. The number of nitrogens with zero attached hydrogens (tertiary/aromatic N) is 5. The Hall–Kier alpha value is -2.48. The summed E-state index contributed by atoms with van der Waals surface area (Å²) in [5.74, 6) is 2.19. The van der Waals surface area contributed by atoms with Crippen molar-refractivity contribution < 1.29 is 9.13 Å². The number of rotatable bonds is 6. The number of aromatic nitrogens is 3. The molecule has 1 saturated heterocycles. The van der Waals surface area contributed by atoms with Gasteiger partial charge in [-0.25, -0.2) is 9.38 Å². The highest BCUT2D eigenvalue weighted by Crippen LogP contribution is 2.11. The summed E-state index contributed by atoms with van der Waals surface area (Å²) in [6.45, 7) is 4.50. The molecule has 0 amide bonds. The highest BCUT2D eigenvalue weighted by molar-refractivity contribution is 5.79. The first kappa shape index (κ1) is 19.3. The predicted molar refractivity (Wildman–Crippen MR) is 102 cm³/mol. The highest BCUT2D eigenvalue weighted by Gasteiger charge is 2.17. The summed E-state index contributed by atoms with van der Waals surface area (Å²) in [7, 11) is 3.90. The van der Waals surface area contributed by atoms with Crippen LogP contribution in [0.4, 0.5) is 4.39 Å². The number of aliphatic imine (C=N–C) groups is 1. The molecule has 1 aromatic carbocycles. The molecule has 27 heavy (non-hydrogen) atoms. The van der Waals surface area contributed by atoms with Crippen LogP contribution in [0.5, 0.6) is 0 Å². The molecule has 0 aliphatic carbocycles. The van der Waals surface area contributed by atoms with E-state index >= 15 is 0 Å². The molecule has 1 unspecified atom stereocenters. The van der Waals surface area contributed by atoms with Crippen LogP contribution in [0.1, 0.15) is 30.1 Å². The van der Waals surface area contributed by atoms with E-state index < -0.39 is 0 Å². The molecular weight excluding hydrogens is 347 g/mol. The van der Waals surface area contributed by atoms with Crippen molar-refractivity contribution in [2.45, 2.75) is 39.0 Å². The Morgan fingerprint density at radius 1 is 1.37 bits per heavy atom. The smallest absolute Gasteiger partial charge is 0.194 e. The van der Waals surface area contributed by atoms with Gasteiger partial charge in [-0.2, -0.15) is 0 Å². The Bertz CT molecular complexity index is 767. The second-order valence-corrected chi connectivity index (χ2v) is 6.86. The van der Waals surface area contributed by atoms with Crippen LogP contribution in [-0.4, -0.2) is 51.9 Å². The number of aryl methyl sites for hydroxylation is 1.